The molecule has 200 valence electrons. The quantitative estimate of drug-likeness (QED) is 0.270. The molecule has 0 saturated carbocycles. The predicted molar refractivity (Wildman–Crippen MR) is 148 cm³/mol. The number of rotatable bonds is 4. The van der Waals surface area contributed by atoms with Gasteiger partial charge in [-0.3, -0.25) is 9.88 Å². The minimum atomic E-state index is -1.03. The third-order valence-electron chi connectivity index (χ3n) is 6.12. The first-order valence-electron chi connectivity index (χ1n) is 11.9. The van der Waals surface area contributed by atoms with E-state index in [4.69, 9.17) is 40.8 Å². The largest absolute Gasteiger partial charge is 0.480 e. The third kappa shape index (κ3) is 4.55. The number of anilines is 1. The van der Waals surface area contributed by atoms with Crippen molar-refractivity contribution in [1.82, 2.24) is 19.9 Å². The number of methoxy groups -OCH3 is 1. The van der Waals surface area contributed by atoms with Gasteiger partial charge in [0.25, 0.3) is 6.29 Å². The van der Waals surface area contributed by atoms with Crippen molar-refractivity contribution >= 4 is 56.0 Å². The van der Waals surface area contributed by atoms with Gasteiger partial charge in [0.15, 0.2) is 18.1 Å². The number of ether oxygens (including phenoxy) is 4. The van der Waals surface area contributed by atoms with E-state index in [1.54, 1.807) is 19.4 Å². The van der Waals surface area contributed by atoms with Crippen molar-refractivity contribution in [1.29, 1.82) is 5.26 Å². The van der Waals surface area contributed by atoms with Crippen molar-refractivity contribution < 1.29 is 23.7 Å². The van der Waals surface area contributed by atoms with E-state index >= 15 is 0 Å². The molecule has 0 unspecified atom stereocenters. The smallest absolute Gasteiger partial charge is 0.417 e. The van der Waals surface area contributed by atoms with E-state index in [0.717, 1.165) is 11.1 Å². The zero-order valence-corrected chi connectivity index (χ0v) is 22.9. The molecule has 3 aromatic heterocycles. The fourth-order valence-corrected chi connectivity index (χ4v) is 5.59. The Bertz CT molecular complexity index is 1860. The monoisotopic (exact) mass is 574 g/mol. The van der Waals surface area contributed by atoms with E-state index in [9.17, 15) is 4.79 Å². The minimum absolute atomic E-state index is 0.0499. The van der Waals surface area contributed by atoms with Gasteiger partial charge in [0.1, 0.15) is 21.3 Å². The molecule has 40 heavy (non-hydrogen) atoms. The average molecular weight is 575 g/mol. The Balaban J connectivity index is 1.29. The Morgan fingerprint density at radius 3 is 2.85 bits per heavy atom. The SMILES string of the molecule is COc1cnc2c(-c3nc4c(Cl)cc5c(c4s3)OC[C@@H](OC(=O)N(C)c3cncc(C#N)c3)O5)cc(C)cc2n1. The highest BCUT2D eigenvalue weighted by molar-refractivity contribution is 7.22. The van der Waals surface area contributed by atoms with Crippen molar-refractivity contribution in [3.63, 3.8) is 0 Å². The lowest BCUT2D eigenvalue weighted by Crippen LogP contribution is -2.38. The van der Waals surface area contributed by atoms with Gasteiger partial charge < -0.3 is 18.9 Å². The van der Waals surface area contributed by atoms with Gasteiger partial charge in [-0.15, -0.1) is 11.3 Å². The van der Waals surface area contributed by atoms with E-state index in [2.05, 4.69) is 15.0 Å². The number of amides is 1. The van der Waals surface area contributed by atoms with E-state index in [0.29, 0.717) is 59.9 Å². The van der Waals surface area contributed by atoms with Gasteiger partial charge in [0.2, 0.25) is 5.88 Å². The van der Waals surface area contributed by atoms with Crippen LogP contribution in [0.25, 0.3) is 31.8 Å². The second-order valence-corrected chi connectivity index (χ2v) is 10.2. The van der Waals surface area contributed by atoms with E-state index in [1.165, 1.54) is 41.7 Å². The molecule has 13 heteroatoms. The summed E-state index contributed by atoms with van der Waals surface area (Å²) in [6.45, 7) is 1.92. The molecule has 0 aliphatic carbocycles. The molecule has 2 aromatic carbocycles. The van der Waals surface area contributed by atoms with Gasteiger partial charge >= 0.3 is 6.09 Å². The van der Waals surface area contributed by atoms with Crippen molar-refractivity contribution in [2.75, 3.05) is 25.7 Å². The van der Waals surface area contributed by atoms with Crippen LogP contribution in [0, 0.1) is 18.3 Å². The number of carbonyl (C=O) groups is 1. The number of nitrogens with zero attached hydrogens (tertiary/aromatic N) is 6. The van der Waals surface area contributed by atoms with E-state index in [1.807, 2.05) is 25.1 Å². The number of nitriles is 1. The Kier molecular flexibility index (Phi) is 6.45. The molecule has 6 rings (SSSR count). The van der Waals surface area contributed by atoms with Crippen LogP contribution >= 0.6 is 22.9 Å². The maximum atomic E-state index is 12.7. The molecule has 0 fully saturated rings. The van der Waals surface area contributed by atoms with Gasteiger partial charge in [-0.25, -0.2) is 19.7 Å². The zero-order valence-electron chi connectivity index (χ0n) is 21.3. The topological polar surface area (TPSA) is 133 Å². The molecular weight excluding hydrogens is 556 g/mol. The van der Waals surface area contributed by atoms with Gasteiger partial charge in [0.05, 0.1) is 46.8 Å². The van der Waals surface area contributed by atoms with Crippen molar-refractivity contribution in [2.24, 2.45) is 0 Å². The number of halogens is 1. The number of carbonyl (C=O) groups excluding carboxylic acids is 1. The summed E-state index contributed by atoms with van der Waals surface area (Å²) in [5, 5.41) is 10.1. The fourth-order valence-electron chi connectivity index (χ4n) is 4.20. The lowest BCUT2D eigenvalue weighted by Gasteiger charge is -2.28. The molecule has 0 spiro atoms. The van der Waals surface area contributed by atoms with Gasteiger partial charge in [0, 0.05) is 24.9 Å². The van der Waals surface area contributed by atoms with Gasteiger partial charge in [-0.1, -0.05) is 11.6 Å². The number of thiazole rings is 1. The number of aryl methyl sites for hydroxylation is 1. The first-order chi connectivity index (χ1) is 19.3. The lowest BCUT2D eigenvalue weighted by atomic mass is 10.1. The highest BCUT2D eigenvalue weighted by Gasteiger charge is 2.30. The van der Waals surface area contributed by atoms with Crippen LogP contribution in [-0.2, 0) is 4.74 Å². The fraction of sp³-hybridized carbons (Fsp3) is 0.185. The lowest BCUT2D eigenvalue weighted by molar-refractivity contribution is -0.0717. The molecule has 4 heterocycles. The van der Waals surface area contributed by atoms with E-state index < -0.39 is 12.4 Å². The zero-order chi connectivity index (χ0) is 28.0. The van der Waals surface area contributed by atoms with Crippen LogP contribution < -0.4 is 19.1 Å². The first kappa shape index (κ1) is 25.5. The summed E-state index contributed by atoms with van der Waals surface area (Å²) in [6.07, 6.45) is 2.69. The molecule has 1 aliphatic rings. The summed E-state index contributed by atoms with van der Waals surface area (Å²) in [4.78, 5) is 31.8. The number of fused-ring (bicyclic) bond motifs is 4. The Morgan fingerprint density at radius 1 is 1.20 bits per heavy atom. The summed E-state index contributed by atoms with van der Waals surface area (Å²) in [6, 6.07) is 9.03. The molecule has 0 saturated heterocycles. The summed E-state index contributed by atoms with van der Waals surface area (Å²) in [7, 11) is 3.05. The van der Waals surface area contributed by atoms with Crippen LogP contribution in [0.2, 0.25) is 5.02 Å². The molecular formula is C27H19ClN6O5S. The summed E-state index contributed by atoms with van der Waals surface area (Å²) >= 11 is 8.00. The Labute approximate surface area is 236 Å². The average Bonchev–Trinajstić information content (AvgIpc) is 3.42. The molecule has 11 nitrogen and oxygen atoms in total. The molecule has 1 amide bonds. The van der Waals surface area contributed by atoms with Crippen LogP contribution in [0.15, 0.2) is 42.9 Å². The number of aromatic nitrogens is 4. The van der Waals surface area contributed by atoms with Crippen molar-refractivity contribution in [3.8, 4) is 34.0 Å². The summed E-state index contributed by atoms with van der Waals surface area (Å²) < 4.78 is 23.4. The standard InChI is InChI=1S/C27H19ClN6O5S/c1-13-4-16(22-18(5-13)32-20(36-3)11-31-22)26-33-23-17(28)7-19-24(25(23)40-26)37-12-21(38-19)39-27(35)34(2)15-6-14(8-29)9-30-10-15/h4-7,9-11,21H,12H2,1-3H3/t21-/m1/s1. The van der Waals surface area contributed by atoms with Gasteiger partial charge in [-0.2, -0.15) is 5.26 Å². The summed E-state index contributed by atoms with van der Waals surface area (Å²) in [5.41, 5.74) is 4.43. The predicted octanol–water partition coefficient (Wildman–Crippen LogP) is 5.51. The highest BCUT2D eigenvalue weighted by atomic mass is 35.5. The molecule has 0 bridgehead atoms. The Morgan fingerprint density at radius 2 is 2.05 bits per heavy atom. The van der Waals surface area contributed by atoms with Crippen LogP contribution in [0.3, 0.4) is 0 Å². The van der Waals surface area contributed by atoms with Crippen molar-refractivity contribution in [2.45, 2.75) is 13.2 Å². The number of benzene rings is 2. The highest BCUT2D eigenvalue weighted by Crippen LogP contribution is 2.47. The molecule has 5 aromatic rings. The maximum Gasteiger partial charge on any atom is 0.417 e. The minimum Gasteiger partial charge on any atom is -0.480 e. The first-order valence-corrected chi connectivity index (χ1v) is 13.1. The number of hydrogen-bond acceptors (Lipinski definition) is 11. The summed E-state index contributed by atoms with van der Waals surface area (Å²) in [5.74, 6) is 1.20. The van der Waals surface area contributed by atoms with Crippen LogP contribution in [0.4, 0.5) is 10.5 Å². The van der Waals surface area contributed by atoms with Gasteiger partial charge in [-0.05, 0) is 30.7 Å². The number of hydrogen-bond donors (Lipinski definition) is 0. The van der Waals surface area contributed by atoms with Crippen LogP contribution in [-0.4, -0.2) is 53.1 Å². The molecule has 0 radical (unpaired) electrons. The number of pyridine rings is 1. The second kappa shape index (κ2) is 10.1. The van der Waals surface area contributed by atoms with Crippen LogP contribution in [0.1, 0.15) is 11.1 Å². The molecule has 0 N–H and O–H groups in total. The third-order valence-corrected chi connectivity index (χ3v) is 7.49. The maximum absolute atomic E-state index is 12.7. The molecule has 1 aliphatic heterocycles. The van der Waals surface area contributed by atoms with E-state index in [-0.39, 0.29) is 6.61 Å². The Hall–Kier alpha value is -4.73. The second-order valence-electron chi connectivity index (χ2n) is 8.82. The molecule has 1 atom stereocenters. The van der Waals surface area contributed by atoms with Crippen LogP contribution in [0.5, 0.6) is 17.4 Å². The van der Waals surface area contributed by atoms with Crippen molar-refractivity contribution in [3.05, 3.63) is 59.0 Å². The normalized spacial score (nSPS) is 14.1.